The van der Waals surface area contributed by atoms with Crippen LogP contribution in [0.5, 0.6) is 0 Å². The molecule has 11 heteroatoms. The lowest BCUT2D eigenvalue weighted by atomic mass is 10.6. The topological polar surface area (TPSA) is 72.5 Å². The minimum Gasteiger partial charge on any atom is -0.280 e. The summed E-state index contributed by atoms with van der Waals surface area (Å²) in [5.41, 5.74) is -5.77. The summed E-state index contributed by atoms with van der Waals surface area (Å²) in [4.78, 5) is 0. The highest BCUT2D eigenvalue weighted by Gasteiger charge is 2.50. The van der Waals surface area contributed by atoms with Crippen molar-refractivity contribution in [2.24, 2.45) is 0 Å². The van der Waals surface area contributed by atoms with Gasteiger partial charge in [0, 0.05) is 0 Å². The fourth-order valence-electron chi connectivity index (χ4n) is 0.409. The zero-order valence-corrected chi connectivity index (χ0v) is 9.42. The number of halogens is 4. The molecule has 0 spiro atoms. The Balaban J connectivity index is 4.71. The highest BCUT2D eigenvalue weighted by molar-refractivity contribution is 7.95. The second-order valence-corrected chi connectivity index (χ2v) is 5.64. The summed E-state index contributed by atoms with van der Waals surface area (Å²) in [5, 5.41) is 0. The van der Waals surface area contributed by atoms with E-state index in [0.29, 0.717) is 0 Å². The van der Waals surface area contributed by atoms with E-state index in [1.54, 1.807) is 0 Å². The smallest absolute Gasteiger partial charge is 0.280 e. The first-order valence-electron chi connectivity index (χ1n) is 3.46. The fourth-order valence-corrected chi connectivity index (χ4v) is 2.41. The Hall–Kier alpha value is -0.620. The van der Waals surface area contributed by atoms with E-state index in [4.69, 9.17) is 0 Å². The van der Waals surface area contributed by atoms with Gasteiger partial charge in [-0.3, -0.25) is 4.52 Å². The van der Waals surface area contributed by atoms with E-state index in [1.165, 1.54) is 6.92 Å². The Morgan fingerprint density at radius 2 is 1.94 bits per heavy atom. The van der Waals surface area contributed by atoms with Gasteiger partial charge >= 0.3 is 23.4 Å². The number of alkyl halides is 3. The van der Waals surface area contributed by atoms with E-state index in [-0.39, 0.29) is 4.49 Å². The highest BCUT2D eigenvalue weighted by atomic mass is 32.2. The molecule has 5 nitrogen and oxygen atoms in total. The Morgan fingerprint density at radius 1 is 1.44 bits per heavy atom. The highest BCUT2D eigenvalue weighted by Crippen LogP contribution is 2.46. The summed E-state index contributed by atoms with van der Waals surface area (Å²) in [6.07, 6.45) is 0. The molecule has 0 saturated heterocycles. The van der Waals surface area contributed by atoms with Gasteiger partial charge in [-0.25, -0.2) is 13.0 Å². The van der Waals surface area contributed by atoms with Gasteiger partial charge in [0.15, 0.2) is 0 Å². The third kappa shape index (κ3) is 4.94. The average molecular weight is 283 g/mol. The van der Waals surface area contributed by atoms with Gasteiger partial charge in [0.2, 0.25) is 0 Å². The molecule has 0 aliphatic carbocycles. The van der Waals surface area contributed by atoms with Gasteiger partial charge in [0.1, 0.15) is 6.61 Å². The van der Waals surface area contributed by atoms with E-state index in [2.05, 4.69) is 10.4 Å². The van der Waals surface area contributed by atoms with Gasteiger partial charge in [0.05, 0.1) is 0 Å². The van der Waals surface area contributed by atoms with Gasteiger partial charge in [-0.15, -0.1) is 14.6 Å². The van der Waals surface area contributed by atoms with Gasteiger partial charge < -0.3 is 0 Å². The molecule has 0 aromatic rings. The molecule has 0 rings (SSSR count). The SMILES string of the molecule is CC#CCOP(=O)(F)NS(=O)(=O)C(F)(F)F. The normalized spacial score (nSPS) is 16.1. The fraction of sp³-hybridized carbons (Fsp3) is 0.600. The van der Waals surface area contributed by atoms with Gasteiger partial charge in [-0.05, 0) is 6.92 Å². The van der Waals surface area contributed by atoms with Crippen LogP contribution in [-0.2, 0) is 19.1 Å². The minimum atomic E-state index is -6.05. The van der Waals surface area contributed by atoms with Crippen molar-refractivity contribution in [3.8, 4) is 11.8 Å². The zero-order valence-electron chi connectivity index (χ0n) is 7.71. The molecule has 0 bridgehead atoms. The largest absolute Gasteiger partial charge is 0.512 e. The van der Waals surface area contributed by atoms with Crippen molar-refractivity contribution in [2.45, 2.75) is 12.4 Å². The summed E-state index contributed by atoms with van der Waals surface area (Å²) < 4.78 is 83.2. The van der Waals surface area contributed by atoms with Crippen LogP contribution >= 0.6 is 7.83 Å². The van der Waals surface area contributed by atoms with Crippen molar-refractivity contribution >= 4 is 17.9 Å². The van der Waals surface area contributed by atoms with E-state index >= 15 is 0 Å². The van der Waals surface area contributed by atoms with Crippen LogP contribution in [0.15, 0.2) is 0 Å². The molecule has 0 aliphatic heterocycles. The first-order chi connectivity index (χ1) is 7.02. The maximum absolute atomic E-state index is 12.7. The average Bonchev–Trinajstić information content (AvgIpc) is 1.99. The van der Waals surface area contributed by atoms with E-state index in [9.17, 15) is 30.4 Å². The molecule has 0 aromatic carbocycles. The van der Waals surface area contributed by atoms with Crippen molar-refractivity contribution in [3.63, 3.8) is 0 Å². The first kappa shape index (κ1) is 15.4. The Labute approximate surface area is 88.8 Å². The predicted octanol–water partition coefficient (Wildman–Crippen LogP) is 1.54. The lowest BCUT2D eigenvalue weighted by Gasteiger charge is -2.11. The molecule has 0 saturated carbocycles. The van der Waals surface area contributed by atoms with Crippen LogP contribution in [0.2, 0.25) is 0 Å². The van der Waals surface area contributed by atoms with Crippen molar-refractivity contribution in [3.05, 3.63) is 0 Å². The number of sulfonamides is 1. The van der Waals surface area contributed by atoms with Crippen LogP contribution in [0.25, 0.3) is 0 Å². The zero-order chi connectivity index (χ0) is 13.0. The molecular formula is C5H6F4NO4PS. The van der Waals surface area contributed by atoms with Crippen LogP contribution in [0, 0.1) is 11.8 Å². The summed E-state index contributed by atoms with van der Waals surface area (Å²) in [5.74, 6) is 4.20. The standard InChI is InChI=1S/C5H6F4NO4PS/c1-2-3-4-14-15(9,11)10-16(12,13)5(6,7)8/h4H2,1H3,(H,10,11). The summed E-state index contributed by atoms with van der Waals surface area (Å²) in [7, 11) is -11.7. The number of hydrogen-bond acceptors (Lipinski definition) is 4. The van der Waals surface area contributed by atoms with Crippen LogP contribution < -0.4 is 4.49 Å². The van der Waals surface area contributed by atoms with Crippen LogP contribution in [0.4, 0.5) is 17.4 Å². The number of nitrogens with one attached hydrogen (secondary N) is 1. The van der Waals surface area contributed by atoms with Crippen LogP contribution in [0.1, 0.15) is 6.92 Å². The second-order valence-electron chi connectivity index (χ2n) is 2.22. The third-order valence-electron chi connectivity index (χ3n) is 1.01. The third-order valence-corrected chi connectivity index (χ3v) is 3.92. The molecule has 0 fully saturated rings. The Morgan fingerprint density at radius 3 is 2.31 bits per heavy atom. The quantitative estimate of drug-likeness (QED) is 0.482. The lowest BCUT2D eigenvalue weighted by Crippen LogP contribution is -2.34. The van der Waals surface area contributed by atoms with Crippen molar-refractivity contribution in [1.29, 1.82) is 0 Å². The van der Waals surface area contributed by atoms with Gasteiger partial charge in [0.25, 0.3) is 0 Å². The van der Waals surface area contributed by atoms with E-state index in [0.717, 1.165) is 0 Å². The molecule has 16 heavy (non-hydrogen) atoms. The number of hydrogen-bond donors (Lipinski definition) is 1. The number of rotatable bonds is 4. The lowest BCUT2D eigenvalue weighted by molar-refractivity contribution is -0.0443. The molecule has 94 valence electrons. The molecule has 1 atom stereocenters. The van der Waals surface area contributed by atoms with Crippen molar-refractivity contribution in [1.82, 2.24) is 4.49 Å². The Bertz CT molecular complexity index is 447. The molecule has 1 N–H and O–H groups in total. The molecule has 1 unspecified atom stereocenters. The summed E-state index contributed by atoms with van der Waals surface area (Å²) >= 11 is 0. The molecule has 0 amide bonds. The predicted molar refractivity (Wildman–Crippen MR) is 46.2 cm³/mol. The first-order valence-corrected chi connectivity index (χ1v) is 6.46. The van der Waals surface area contributed by atoms with Gasteiger partial charge in [-0.1, -0.05) is 5.92 Å². The van der Waals surface area contributed by atoms with Crippen molar-refractivity contribution < 1.29 is 34.9 Å². The maximum Gasteiger partial charge on any atom is 0.512 e. The molecule has 0 heterocycles. The van der Waals surface area contributed by atoms with Crippen molar-refractivity contribution in [2.75, 3.05) is 6.61 Å². The van der Waals surface area contributed by atoms with E-state index in [1.807, 2.05) is 5.92 Å². The minimum absolute atomic E-state index is 0.278. The van der Waals surface area contributed by atoms with Crippen LogP contribution in [-0.4, -0.2) is 20.5 Å². The van der Waals surface area contributed by atoms with Gasteiger partial charge in [-0.2, -0.15) is 13.2 Å². The maximum atomic E-state index is 12.7. The van der Waals surface area contributed by atoms with E-state index < -0.39 is 30.0 Å². The molecular weight excluding hydrogens is 277 g/mol. The molecule has 0 aromatic heterocycles. The second kappa shape index (κ2) is 5.14. The summed E-state index contributed by atoms with van der Waals surface area (Å²) in [6, 6.07) is 0. The molecule has 0 aliphatic rings. The monoisotopic (exact) mass is 283 g/mol. The summed E-state index contributed by atoms with van der Waals surface area (Å²) in [6.45, 7) is 0.511. The van der Waals surface area contributed by atoms with Crippen LogP contribution in [0.3, 0.4) is 0 Å². The Kier molecular flexibility index (Phi) is 4.94. The molecule has 0 radical (unpaired) electrons.